The Kier molecular flexibility index (Phi) is 7.54. The number of aliphatic hydroxyl groups is 1. The van der Waals surface area contributed by atoms with E-state index >= 15 is 0 Å². The van der Waals surface area contributed by atoms with Gasteiger partial charge in [-0.3, -0.25) is 14.4 Å². The minimum Gasteiger partial charge on any atom is -0.497 e. The Labute approximate surface area is 212 Å². The highest BCUT2D eigenvalue weighted by Gasteiger charge is 2.76. The molecule has 3 fully saturated rings. The number of nitrogens with zero attached hydrogens (tertiary/aromatic N) is 2. The zero-order chi connectivity index (χ0) is 25.3. The van der Waals surface area contributed by atoms with Gasteiger partial charge in [-0.15, -0.1) is 6.58 Å². The van der Waals surface area contributed by atoms with E-state index in [1.54, 1.807) is 42.4 Å². The van der Waals surface area contributed by atoms with Crippen LogP contribution in [-0.2, 0) is 19.1 Å². The third-order valence-electron chi connectivity index (χ3n) is 7.33. The molecule has 10 heteroatoms. The molecule has 9 nitrogen and oxygen atoms in total. The number of carboxylic acid groups (broad SMARTS) is 1. The first-order chi connectivity index (χ1) is 16.8. The first-order valence-corrected chi connectivity index (χ1v) is 12.7. The number of amides is 2. The van der Waals surface area contributed by atoms with Crippen LogP contribution in [0.15, 0.2) is 36.9 Å². The summed E-state index contributed by atoms with van der Waals surface area (Å²) in [4.78, 5) is 42.9. The van der Waals surface area contributed by atoms with Gasteiger partial charge >= 0.3 is 5.97 Å². The van der Waals surface area contributed by atoms with Crippen LogP contribution in [0.3, 0.4) is 0 Å². The van der Waals surface area contributed by atoms with Gasteiger partial charge in [-0.1, -0.05) is 22.0 Å². The molecule has 2 bridgehead atoms. The Morgan fingerprint density at radius 3 is 2.63 bits per heavy atom. The van der Waals surface area contributed by atoms with Crippen molar-refractivity contribution in [2.24, 2.45) is 11.8 Å². The van der Waals surface area contributed by atoms with E-state index in [2.05, 4.69) is 22.5 Å². The highest BCUT2D eigenvalue weighted by molar-refractivity contribution is 9.09. The van der Waals surface area contributed by atoms with Crippen LogP contribution >= 0.6 is 15.9 Å². The average Bonchev–Trinajstić information content (AvgIpc) is 3.43. The molecule has 3 heterocycles. The molecule has 1 aromatic carbocycles. The van der Waals surface area contributed by atoms with Crippen molar-refractivity contribution in [1.82, 2.24) is 4.90 Å². The molecule has 190 valence electrons. The van der Waals surface area contributed by atoms with Crippen molar-refractivity contribution in [2.75, 3.05) is 31.7 Å². The van der Waals surface area contributed by atoms with Crippen LogP contribution in [0, 0.1) is 11.8 Å². The Bertz CT molecular complexity index is 987. The summed E-state index contributed by atoms with van der Waals surface area (Å²) in [5.41, 5.74) is -0.611. The van der Waals surface area contributed by atoms with Gasteiger partial charge in [0.15, 0.2) is 0 Å². The lowest BCUT2D eigenvalue weighted by atomic mass is 9.70. The van der Waals surface area contributed by atoms with Gasteiger partial charge in [0.2, 0.25) is 5.91 Å². The Morgan fingerprint density at radius 2 is 2.03 bits per heavy atom. The maximum Gasteiger partial charge on any atom is 0.310 e. The van der Waals surface area contributed by atoms with Crippen molar-refractivity contribution in [3.05, 3.63) is 36.9 Å². The van der Waals surface area contributed by atoms with Crippen molar-refractivity contribution in [3.8, 4) is 5.75 Å². The summed E-state index contributed by atoms with van der Waals surface area (Å²) in [7, 11) is 1.56. The molecule has 3 unspecified atom stereocenters. The molecule has 0 aliphatic carbocycles. The number of aliphatic hydroxyl groups excluding tert-OH is 1. The molecule has 2 amide bonds. The minimum absolute atomic E-state index is 0.0462. The van der Waals surface area contributed by atoms with Gasteiger partial charge in [-0.25, -0.2) is 0 Å². The fourth-order valence-electron chi connectivity index (χ4n) is 5.86. The molecule has 35 heavy (non-hydrogen) atoms. The van der Waals surface area contributed by atoms with Crippen molar-refractivity contribution in [1.29, 1.82) is 0 Å². The monoisotopic (exact) mass is 550 g/mol. The minimum atomic E-state index is -1.22. The van der Waals surface area contributed by atoms with Crippen LogP contribution in [0.2, 0.25) is 0 Å². The maximum atomic E-state index is 14.2. The van der Waals surface area contributed by atoms with Crippen molar-refractivity contribution < 1.29 is 34.1 Å². The van der Waals surface area contributed by atoms with Gasteiger partial charge in [-0.05, 0) is 49.9 Å². The van der Waals surface area contributed by atoms with E-state index in [1.807, 2.05) is 0 Å². The number of ether oxygens (including phenoxy) is 2. The summed E-state index contributed by atoms with van der Waals surface area (Å²) in [6, 6.07) is 6.05. The van der Waals surface area contributed by atoms with Gasteiger partial charge in [0, 0.05) is 30.2 Å². The Hall–Kier alpha value is -2.43. The third-order valence-corrected chi connectivity index (χ3v) is 8.17. The third kappa shape index (κ3) is 4.25. The number of carbonyl (C=O) groups excluding carboxylic acids is 2. The lowest BCUT2D eigenvalue weighted by molar-refractivity contribution is -0.149. The highest BCUT2D eigenvalue weighted by atomic mass is 79.9. The summed E-state index contributed by atoms with van der Waals surface area (Å²) in [5.74, 6) is -3.08. The first kappa shape index (κ1) is 25.7. The van der Waals surface area contributed by atoms with Gasteiger partial charge < -0.3 is 29.5 Å². The smallest absolute Gasteiger partial charge is 0.310 e. The van der Waals surface area contributed by atoms with Crippen LogP contribution < -0.4 is 9.64 Å². The second kappa shape index (κ2) is 10.3. The lowest BCUT2D eigenvalue weighted by Crippen LogP contribution is -2.57. The molecule has 0 radical (unpaired) electrons. The number of carboxylic acids is 1. The molecule has 3 aliphatic rings. The van der Waals surface area contributed by atoms with Crippen LogP contribution in [0.1, 0.15) is 25.7 Å². The number of unbranched alkanes of at least 4 members (excludes halogenated alkanes) is 2. The van der Waals surface area contributed by atoms with Crippen molar-refractivity contribution >= 4 is 39.4 Å². The molecular weight excluding hydrogens is 520 g/mol. The predicted octanol–water partition coefficient (Wildman–Crippen LogP) is 2.21. The van der Waals surface area contributed by atoms with Crippen LogP contribution in [-0.4, -0.2) is 82.3 Å². The number of methoxy groups -OCH3 is 1. The number of hydrogen-bond donors (Lipinski definition) is 2. The van der Waals surface area contributed by atoms with Crippen LogP contribution in [0.25, 0.3) is 0 Å². The number of halogens is 1. The molecule has 0 aromatic heterocycles. The summed E-state index contributed by atoms with van der Waals surface area (Å²) in [5, 5.41) is 19.1. The SMILES string of the molecule is C=CCN(C(=O)C1N(CCCCCO)C(=O)[C@@H]2[C@H](C(=O)O)[C@H]3OC12CC3Br)c1ccc(OC)cc1. The number of aliphatic carboxylic acids is 1. The zero-order valence-corrected chi connectivity index (χ0v) is 21.2. The Balaban J connectivity index is 1.74. The summed E-state index contributed by atoms with van der Waals surface area (Å²) < 4.78 is 11.5. The molecule has 2 N–H and O–H groups in total. The summed E-state index contributed by atoms with van der Waals surface area (Å²) in [6.07, 6.45) is 3.15. The summed E-state index contributed by atoms with van der Waals surface area (Å²) in [6.45, 7) is 4.33. The number of carbonyl (C=O) groups is 3. The second-order valence-electron chi connectivity index (χ2n) is 9.25. The molecule has 0 saturated carbocycles. The second-order valence-corrected chi connectivity index (χ2v) is 10.4. The standard InChI is InChI=1S/C25H31BrN2O7/c1-3-11-27(15-7-9-16(34-2)10-8-15)23(31)21-25-14-17(26)20(35-25)18(24(32)33)19(25)22(30)28(21)12-5-4-6-13-29/h3,7-10,17-21,29H,1,4-6,11-14H2,2H3,(H,32,33)/t17?,18-,19-,20-,21?,25?/m0/s1. The molecule has 4 rings (SSSR count). The van der Waals surface area contributed by atoms with E-state index in [9.17, 15) is 19.5 Å². The molecular formula is C25H31BrN2O7. The number of benzene rings is 1. The number of rotatable bonds is 11. The molecule has 1 aromatic rings. The lowest BCUT2D eigenvalue weighted by Gasteiger charge is -2.37. The molecule has 1 spiro atoms. The number of alkyl halides is 1. The van der Waals surface area contributed by atoms with Gasteiger partial charge in [0.1, 0.15) is 17.4 Å². The number of fused-ring (bicyclic) bond motifs is 1. The van der Waals surface area contributed by atoms with Gasteiger partial charge in [0.25, 0.3) is 5.91 Å². The number of likely N-dealkylation sites (tertiary alicyclic amines) is 1. The quantitative estimate of drug-likeness (QED) is 0.246. The maximum absolute atomic E-state index is 14.2. The van der Waals surface area contributed by atoms with Crippen LogP contribution in [0.5, 0.6) is 5.75 Å². The fraction of sp³-hybridized carbons (Fsp3) is 0.560. The average molecular weight is 551 g/mol. The molecule has 6 atom stereocenters. The highest BCUT2D eigenvalue weighted by Crippen LogP contribution is 2.60. The van der Waals surface area contributed by atoms with Crippen molar-refractivity contribution in [3.63, 3.8) is 0 Å². The molecule has 3 aliphatic heterocycles. The molecule has 3 saturated heterocycles. The summed E-state index contributed by atoms with van der Waals surface area (Å²) >= 11 is 3.55. The van der Waals surface area contributed by atoms with E-state index in [4.69, 9.17) is 14.6 Å². The number of anilines is 1. The van der Waals surface area contributed by atoms with Gasteiger partial charge in [0.05, 0.1) is 25.0 Å². The van der Waals surface area contributed by atoms with E-state index in [0.29, 0.717) is 37.1 Å². The largest absolute Gasteiger partial charge is 0.497 e. The Morgan fingerprint density at radius 1 is 1.31 bits per heavy atom. The van der Waals surface area contributed by atoms with Gasteiger partial charge in [-0.2, -0.15) is 0 Å². The van der Waals surface area contributed by atoms with Crippen molar-refractivity contribution in [2.45, 2.75) is 48.3 Å². The zero-order valence-electron chi connectivity index (χ0n) is 19.6. The normalized spacial score (nSPS) is 30.9. The van der Waals surface area contributed by atoms with E-state index < -0.39 is 35.6 Å². The van der Waals surface area contributed by atoms with Crippen LogP contribution in [0.4, 0.5) is 5.69 Å². The number of hydrogen-bond acceptors (Lipinski definition) is 6. The van der Waals surface area contributed by atoms with E-state index in [0.717, 1.165) is 0 Å². The van der Waals surface area contributed by atoms with E-state index in [1.165, 1.54) is 4.90 Å². The predicted molar refractivity (Wildman–Crippen MR) is 132 cm³/mol. The first-order valence-electron chi connectivity index (χ1n) is 11.8. The fourth-order valence-corrected chi connectivity index (χ4v) is 6.81. The van der Waals surface area contributed by atoms with E-state index in [-0.39, 0.29) is 36.3 Å². The topological polar surface area (TPSA) is 117 Å².